The highest BCUT2D eigenvalue weighted by molar-refractivity contribution is 5.92. The lowest BCUT2D eigenvalue weighted by atomic mass is 10.2. The van der Waals surface area contributed by atoms with Gasteiger partial charge in [0.05, 0.1) is 0 Å². The van der Waals surface area contributed by atoms with E-state index < -0.39 is 0 Å². The van der Waals surface area contributed by atoms with E-state index in [0.717, 1.165) is 18.4 Å². The molecule has 0 N–H and O–H groups in total. The quantitative estimate of drug-likeness (QED) is 0.748. The van der Waals surface area contributed by atoms with Crippen LogP contribution in [0.15, 0.2) is 30.3 Å². The van der Waals surface area contributed by atoms with Crippen LogP contribution in [0, 0.1) is 5.82 Å². The van der Waals surface area contributed by atoms with Crippen LogP contribution in [0.25, 0.3) is 6.08 Å². The van der Waals surface area contributed by atoms with Crippen molar-refractivity contribution in [3.63, 3.8) is 0 Å². The molecular weight excluding hydrogens is 229 g/mol. The highest BCUT2D eigenvalue weighted by atomic mass is 19.1. The van der Waals surface area contributed by atoms with E-state index in [1.165, 1.54) is 12.1 Å². The average Bonchev–Trinajstić information content (AvgIpc) is 3.12. The van der Waals surface area contributed by atoms with E-state index in [4.69, 9.17) is 0 Å². The molecule has 0 unspecified atom stereocenters. The first-order valence-electron chi connectivity index (χ1n) is 6.34. The first kappa shape index (κ1) is 12.8. The Hall–Kier alpha value is -1.64. The molecule has 0 aliphatic heterocycles. The first-order chi connectivity index (χ1) is 8.58. The Bertz CT molecular complexity index is 444. The molecule has 96 valence electrons. The number of nitrogens with zero attached hydrogens (tertiary/aromatic N) is 1. The molecule has 0 saturated heterocycles. The lowest BCUT2D eigenvalue weighted by Crippen LogP contribution is -2.37. The predicted octanol–water partition coefficient (Wildman–Crippen LogP) is 3.24. The number of hydrogen-bond acceptors (Lipinski definition) is 1. The summed E-state index contributed by atoms with van der Waals surface area (Å²) in [5, 5.41) is 0. The van der Waals surface area contributed by atoms with Crippen LogP contribution in [0.5, 0.6) is 0 Å². The van der Waals surface area contributed by atoms with Crippen LogP contribution >= 0.6 is 0 Å². The molecule has 0 aromatic heterocycles. The van der Waals surface area contributed by atoms with E-state index in [1.807, 2.05) is 18.7 Å². The van der Waals surface area contributed by atoms with Crippen molar-refractivity contribution in [3.8, 4) is 0 Å². The van der Waals surface area contributed by atoms with Gasteiger partial charge in [-0.05, 0) is 50.5 Å². The molecule has 0 radical (unpaired) electrons. The van der Waals surface area contributed by atoms with Gasteiger partial charge in [0.25, 0.3) is 0 Å². The number of carbonyl (C=O) groups excluding carboxylic acids is 1. The summed E-state index contributed by atoms with van der Waals surface area (Å²) in [5.74, 6) is -0.225. The van der Waals surface area contributed by atoms with Crippen LogP contribution in [-0.2, 0) is 4.79 Å². The summed E-state index contributed by atoms with van der Waals surface area (Å²) in [6.07, 6.45) is 5.52. The van der Waals surface area contributed by atoms with Crippen LogP contribution in [0.4, 0.5) is 4.39 Å². The maximum absolute atomic E-state index is 12.7. The van der Waals surface area contributed by atoms with Gasteiger partial charge in [-0.3, -0.25) is 4.79 Å². The molecule has 1 aliphatic carbocycles. The molecular formula is C15H18FNO. The van der Waals surface area contributed by atoms with E-state index in [-0.39, 0.29) is 17.8 Å². The zero-order chi connectivity index (χ0) is 13.1. The Morgan fingerprint density at radius 2 is 1.94 bits per heavy atom. The molecule has 0 atom stereocenters. The minimum Gasteiger partial charge on any atom is -0.334 e. The summed E-state index contributed by atoms with van der Waals surface area (Å²) >= 11 is 0. The maximum atomic E-state index is 12.7. The van der Waals surface area contributed by atoms with Crippen LogP contribution in [0.3, 0.4) is 0 Å². The minimum atomic E-state index is -0.264. The molecule has 1 amide bonds. The number of rotatable bonds is 4. The first-order valence-corrected chi connectivity index (χ1v) is 6.34. The van der Waals surface area contributed by atoms with Gasteiger partial charge in [-0.1, -0.05) is 12.1 Å². The van der Waals surface area contributed by atoms with E-state index in [0.29, 0.717) is 6.04 Å². The lowest BCUT2D eigenvalue weighted by molar-refractivity contribution is -0.128. The largest absolute Gasteiger partial charge is 0.334 e. The molecule has 1 saturated carbocycles. The second-order valence-corrected chi connectivity index (χ2v) is 4.96. The molecule has 0 heterocycles. The van der Waals surface area contributed by atoms with E-state index >= 15 is 0 Å². The fourth-order valence-electron chi connectivity index (χ4n) is 2.04. The zero-order valence-electron chi connectivity index (χ0n) is 10.8. The molecule has 2 rings (SSSR count). The van der Waals surface area contributed by atoms with Crippen molar-refractivity contribution >= 4 is 12.0 Å². The molecule has 1 aromatic rings. The van der Waals surface area contributed by atoms with Gasteiger partial charge in [-0.25, -0.2) is 4.39 Å². The Labute approximate surface area is 107 Å². The number of benzene rings is 1. The average molecular weight is 247 g/mol. The molecule has 0 spiro atoms. The van der Waals surface area contributed by atoms with E-state index in [1.54, 1.807) is 24.3 Å². The Kier molecular flexibility index (Phi) is 3.80. The third kappa shape index (κ3) is 3.19. The van der Waals surface area contributed by atoms with Gasteiger partial charge in [0.15, 0.2) is 0 Å². The number of amides is 1. The second-order valence-electron chi connectivity index (χ2n) is 4.96. The van der Waals surface area contributed by atoms with Gasteiger partial charge < -0.3 is 4.90 Å². The highest BCUT2D eigenvalue weighted by Crippen LogP contribution is 2.28. The van der Waals surface area contributed by atoms with Crippen molar-refractivity contribution in [2.45, 2.75) is 38.8 Å². The number of hydrogen-bond donors (Lipinski definition) is 0. The number of halogens is 1. The van der Waals surface area contributed by atoms with Gasteiger partial charge in [-0.15, -0.1) is 0 Å². The van der Waals surface area contributed by atoms with Crippen molar-refractivity contribution in [2.75, 3.05) is 0 Å². The van der Waals surface area contributed by atoms with Crippen molar-refractivity contribution in [1.29, 1.82) is 0 Å². The van der Waals surface area contributed by atoms with Gasteiger partial charge in [-0.2, -0.15) is 0 Å². The summed E-state index contributed by atoms with van der Waals surface area (Å²) in [5.41, 5.74) is 0.837. The Morgan fingerprint density at radius 3 is 2.44 bits per heavy atom. The van der Waals surface area contributed by atoms with Crippen LogP contribution in [0.2, 0.25) is 0 Å². The van der Waals surface area contributed by atoms with Gasteiger partial charge in [0, 0.05) is 18.2 Å². The molecule has 1 aromatic carbocycles. The zero-order valence-corrected chi connectivity index (χ0v) is 10.8. The molecule has 2 nitrogen and oxygen atoms in total. The Balaban J connectivity index is 2.03. The monoisotopic (exact) mass is 247 g/mol. The standard InChI is InChI=1S/C15H18FNO/c1-11(2)17(14-8-9-14)15(18)10-5-12-3-6-13(16)7-4-12/h3-7,10-11,14H,8-9H2,1-2H3/b10-5+. The third-order valence-corrected chi connectivity index (χ3v) is 3.04. The summed E-state index contributed by atoms with van der Waals surface area (Å²) in [6.45, 7) is 4.06. The molecule has 1 aliphatic rings. The van der Waals surface area contributed by atoms with Crippen LogP contribution < -0.4 is 0 Å². The van der Waals surface area contributed by atoms with Crippen molar-refractivity contribution in [3.05, 3.63) is 41.7 Å². The van der Waals surface area contributed by atoms with E-state index in [2.05, 4.69) is 0 Å². The maximum Gasteiger partial charge on any atom is 0.247 e. The molecule has 1 fully saturated rings. The third-order valence-electron chi connectivity index (χ3n) is 3.04. The summed E-state index contributed by atoms with van der Waals surface area (Å²) < 4.78 is 12.7. The van der Waals surface area contributed by atoms with Crippen molar-refractivity contribution < 1.29 is 9.18 Å². The van der Waals surface area contributed by atoms with Gasteiger partial charge in [0.2, 0.25) is 5.91 Å². The predicted molar refractivity (Wildman–Crippen MR) is 70.4 cm³/mol. The summed E-state index contributed by atoms with van der Waals surface area (Å²) in [4.78, 5) is 14.0. The summed E-state index contributed by atoms with van der Waals surface area (Å²) in [7, 11) is 0. The summed E-state index contributed by atoms with van der Waals surface area (Å²) in [6, 6.07) is 6.75. The van der Waals surface area contributed by atoms with Crippen molar-refractivity contribution in [2.24, 2.45) is 0 Å². The number of carbonyl (C=O) groups is 1. The smallest absolute Gasteiger partial charge is 0.247 e. The van der Waals surface area contributed by atoms with Crippen molar-refractivity contribution in [1.82, 2.24) is 4.90 Å². The van der Waals surface area contributed by atoms with Gasteiger partial charge in [0.1, 0.15) is 5.82 Å². The fraction of sp³-hybridized carbons (Fsp3) is 0.400. The minimum absolute atomic E-state index is 0.0387. The van der Waals surface area contributed by atoms with Gasteiger partial charge >= 0.3 is 0 Å². The molecule has 18 heavy (non-hydrogen) atoms. The molecule has 0 bridgehead atoms. The second kappa shape index (κ2) is 5.34. The lowest BCUT2D eigenvalue weighted by Gasteiger charge is -2.25. The Morgan fingerprint density at radius 1 is 1.33 bits per heavy atom. The van der Waals surface area contributed by atoms with Crippen LogP contribution in [-0.4, -0.2) is 22.9 Å². The molecule has 3 heteroatoms. The van der Waals surface area contributed by atoms with E-state index in [9.17, 15) is 9.18 Å². The topological polar surface area (TPSA) is 20.3 Å². The SMILES string of the molecule is CC(C)N(C(=O)/C=C/c1ccc(F)cc1)C1CC1. The normalized spacial score (nSPS) is 15.3. The highest BCUT2D eigenvalue weighted by Gasteiger charge is 2.32. The fourth-order valence-corrected chi connectivity index (χ4v) is 2.04. The van der Waals surface area contributed by atoms with Crippen LogP contribution in [0.1, 0.15) is 32.3 Å².